The Morgan fingerprint density at radius 3 is 2.43 bits per heavy atom. The average molecular weight is 528 g/mol. The fourth-order valence-corrected chi connectivity index (χ4v) is 4.84. The largest absolute Gasteiger partial charge is 0.328 e. The van der Waals surface area contributed by atoms with Gasteiger partial charge in [-0.15, -0.1) is 11.8 Å². The summed E-state index contributed by atoms with van der Waals surface area (Å²) in [5, 5.41) is 15.3. The van der Waals surface area contributed by atoms with E-state index in [-0.39, 0.29) is 5.69 Å². The van der Waals surface area contributed by atoms with Crippen molar-refractivity contribution in [3.05, 3.63) is 58.1 Å². The number of hydrazone groups is 1. The van der Waals surface area contributed by atoms with Gasteiger partial charge in [0.25, 0.3) is 0 Å². The molecule has 0 radical (unpaired) electrons. The number of H-pyrrole nitrogens is 1. The van der Waals surface area contributed by atoms with Crippen LogP contribution in [0.15, 0.2) is 55.7 Å². The first-order chi connectivity index (χ1) is 17.7. The maximum Gasteiger partial charge on any atom is 0.153 e. The zero-order chi connectivity index (χ0) is 26.7. The van der Waals surface area contributed by atoms with Gasteiger partial charge in [-0.05, 0) is 64.3 Å². The quantitative estimate of drug-likeness (QED) is 0.153. The number of anilines is 2. The highest BCUT2D eigenvalue weighted by Crippen LogP contribution is 2.44. The van der Waals surface area contributed by atoms with Crippen LogP contribution in [0.2, 0.25) is 0 Å². The zero-order valence-electron chi connectivity index (χ0n) is 22.3. The monoisotopic (exact) mass is 527 g/mol. The van der Waals surface area contributed by atoms with E-state index in [4.69, 9.17) is 4.99 Å². The number of rotatable bonds is 9. The van der Waals surface area contributed by atoms with E-state index in [9.17, 15) is 8.78 Å². The standard InChI is InChI=1S/C27H35F2N7S/c1-7-15(2)24(22-10-11-30-34-22)25(18-8-9-18)27(32-23-12-16(3)33-35-23)31-17(4)36(5)26-20(28)13-19(37-6)14-21(26)29/h12-14,18,30H,7-11H2,1-6H3,(H2,32,33,35)/b24-15+,27-25+,31-17+. The Bertz CT molecular complexity index is 1260. The number of aliphatic imine (C=N–C) groups is 1. The van der Waals surface area contributed by atoms with Gasteiger partial charge in [0.2, 0.25) is 0 Å². The Morgan fingerprint density at radius 2 is 1.92 bits per heavy atom. The van der Waals surface area contributed by atoms with Crippen molar-refractivity contribution in [3.8, 4) is 0 Å². The molecule has 7 nitrogen and oxygen atoms in total. The Morgan fingerprint density at radius 1 is 1.22 bits per heavy atom. The molecule has 198 valence electrons. The van der Waals surface area contributed by atoms with Gasteiger partial charge in [0.1, 0.15) is 17.3 Å². The number of amidine groups is 1. The summed E-state index contributed by atoms with van der Waals surface area (Å²) >= 11 is 1.30. The Hall–Kier alpha value is -3.14. The molecule has 2 aromatic rings. The van der Waals surface area contributed by atoms with E-state index in [1.54, 1.807) is 20.2 Å². The first kappa shape index (κ1) is 26.9. The lowest BCUT2D eigenvalue weighted by Gasteiger charge is -2.23. The SMILES string of the molecule is CC/C(C)=C(C1=NNCC1)/C(=C(\N=C(/C)N(C)c1c(F)cc(SC)cc1F)Nc1cc(C)[nH]n1)C1CC1. The molecule has 1 aromatic carbocycles. The summed E-state index contributed by atoms with van der Waals surface area (Å²) in [6.45, 7) is 8.76. The molecule has 4 rings (SSSR count). The summed E-state index contributed by atoms with van der Waals surface area (Å²) in [5.74, 6) is 0.767. The van der Waals surface area contributed by atoms with E-state index in [1.165, 1.54) is 34.4 Å². The van der Waals surface area contributed by atoms with Crippen LogP contribution in [0.1, 0.15) is 52.1 Å². The van der Waals surface area contributed by atoms with Crippen LogP contribution < -0.4 is 15.6 Å². The molecule has 0 amide bonds. The molecule has 1 aliphatic carbocycles. The predicted molar refractivity (Wildman–Crippen MR) is 149 cm³/mol. The maximum atomic E-state index is 15.0. The number of nitrogens with zero attached hydrogens (tertiary/aromatic N) is 4. The average Bonchev–Trinajstić information content (AvgIpc) is 3.39. The van der Waals surface area contributed by atoms with Crippen LogP contribution in [-0.4, -0.2) is 41.6 Å². The second-order valence-corrected chi connectivity index (χ2v) is 10.4. The molecule has 0 spiro atoms. The summed E-state index contributed by atoms with van der Waals surface area (Å²) in [7, 11) is 1.63. The van der Waals surface area contributed by atoms with Crippen molar-refractivity contribution in [1.29, 1.82) is 0 Å². The number of aromatic amines is 1. The van der Waals surface area contributed by atoms with Crippen LogP contribution in [0.4, 0.5) is 20.3 Å². The number of aromatic nitrogens is 2. The Labute approximate surface area is 221 Å². The lowest BCUT2D eigenvalue weighted by Crippen LogP contribution is -2.27. The third-order valence-electron chi connectivity index (χ3n) is 6.72. The third-order valence-corrected chi connectivity index (χ3v) is 7.42. The van der Waals surface area contributed by atoms with Crippen molar-refractivity contribution in [2.24, 2.45) is 16.0 Å². The molecule has 0 unspecified atom stereocenters. The van der Waals surface area contributed by atoms with Gasteiger partial charge in [0.15, 0.2) is 17.5 Å². The minimum atomic E-state index is -0.626. The normalized spacial score (nSPS) is 17.2. The van der Waals surface area contributed by atoms with Crippen LogP contribution in [0.3, 0.4) is 0 Å². The molecule has 2 heterocycles. The second kappa shape index (κ2) is 11.5. The lowest BCUT2D eigenvalue weighted by molar-refractivity contribution is 0.579. The zero-order valence-corrected chi connectivity index (χ0v) is 23.1. The summed E-state index contributed by atoms with van der Waals surface area (Å²) in [6.07, 6.45) is 5.59. The van der Waals surface area contributed by atoms with Crippen LogP contribution in [0, 0.1) is 24.5 Å². The van der Waals surface area contributed by atoms with Crippen molar-refractivity contribution in [1.82, 2.24) is 15.6 Å². The minimum absolute atomic E-state index is 0.133. The van der Waals surface area contributed by atoms with Gasteiger partial charge in [0.05, 0.1) is 5.71 Å². The van der Waals surface area contributed by atoms with Crippen LogP contribution in [0.5, 0.6) is 0 Å². The number of benzene rings is 1. The first-order valence-corrected chi connectivity index (χ1v) is 13.8. The number of hydrogen-bond acceptors (Lipinski definition) is 6. The van der Waals surface area contributed by atoms with Crippen molar-refractivity contribution in [2.45, 2.75) is 58.3 Å². The number of hydrogen-bond donors (Lipinski definition) is 3. The van der Waals surface area contributed by atoms with Gasteiger partial charge in [-0.3, -0.25) is 5.10 Å². The van der Waals surface area contributed by atoms with Crippen molar-refractivity contribution >= 4 is 34.8 Å². The van der Waals surface area contributed by atoms with Crippen LogP contribution in [-0.2, 0) is 0 Å². The van der Waals surface area contributed by atoms with Gasteiger partial charge < -0.3 is 15.6 Å². The van der Waals surface area contributed by atoms with Gasteiger partial charge >= 0.3 is 0 Å². The first-order valence-electron chi connectivity index (χ1n) is 12.6. The van der Waals surface area contributed by atoms with Gasteiger partial charge in [-0.25, -0.2) is 13.8 Å². The highest BCUT2D eigenvalue weighted by atomic mass is 32.2. The van der Waals surface area contributed by atoms with E-state index in [0.717, 1.165) is 54.8 Å². The number of aryl methyl sites for hydroxylation is 1. The molecular formula is C27H35F2N7S. The highest BCUT2D eigenvalue weighted by Gasteiger charge is 2.35. The molecule has 1 aliphatic heterocycles. The van der Waals surface area contributed by atoms with E-state index in [0.29, 0.717) is 28.3 Å². The molecule has 1 aromatic heterocycles. The number of allylic oxidation sites excluding steroid dienone is 3. The molecule has 1 fully saturated rings. The second-order valence-electron chi connectivity index (χ2n) is 9.48. The van der Waals surface area contributed by atoms with E-state index >= 15 is 0 Å². The molecule has 2 aliphatic rings. The van der Waals surface area contributed by atoms with E-state index in [2.05, 4.69) is 39.9 Å². The Kier molecular flexibility index (Phi) is 8.36. The molecular weight excluding hydrogens is 492 g/mol. The van der Waals surface area contributed by atoms with E-state index < -0.39 is 11.6 Å². The van der Waals surface area contributed by atoms with Crippen molar-refractivity contribution < 1.29 is 8.78 Å². The maximum absolute atomic E-state index is 15.0. The number of thioether (sulfide) groups is 1. The Balaban J connectivity index is 1.87. The third kappa shape index (κ3) is 6.06. The summed E-state index contributed by atoms with van der Waals surface area (Å²) in [4.78, 5) is 6.95. The predicted octanol–water partition coefficient (Wildman–Crippen LogP) is 6.38. The van der Waals surface area contributed by atoms with Gasteiger partial charge in [-0.1, -0.05) is 12.5 Å². The smallest absolute Gasteiger partial charge is 0.153 e. The van der Waals surface area contributed by atoms with Crippen molar-refractivity contribution in [3.63, 3.8) is 0 Å². The molecule has 10 heteroatoms. The fraction of sp³-hybridized carbons (Fsp3) is 0.444. The molecule has 0 saturated heterocycles. The van der Waals surface area contributed by atoms with Gasteiger partial charge in [-0.2, -0.15) is 10.2 Å². The summed E-state index contributed by atoms with van der Waals surface area (Å²) in [6, 6.07) is 4.60. The summed E-state index contributed by atoms with van der Waals surface area (Å²) < 4.78 is 29.9. The highest BCUT2D eigenvalue weighted by molar-refractivity contribution is 7.98. The van der Waals surface area contributed by atoms with E-state index in [1.807, 2.05) is 13.0 Å². The lowest BCUT2D eigenvalue weighted by atomic mass is 9.90. The number of nitrogens with one attached hydrogen (secondary N) is 3. The minimum Gasteiger partial charge on any atom is -0.328 e. The van der Waals surface area contributed by atoms with Crippen LogP contribution in [0.25, 0.3) is 0 Å². The van der Waals surface area contributed by atoms with Crippen LogP contribution >= 0.6 is 11.8 Å². The van der Waals surface area contributed by atoms with Crippen molar-refractivity contribution in [2.75, 3.05) is 30.1 Å². The number of halogens is 2. The molecule has 0 atom stereocenters. The molecule has 37 heavy (non-hydrogen) atoms. The molecule has 3 N–H and O–H groups in total. The summed E-state index contributed by atoms with van der Waals surface area (Å²) in [5.41, 5.74) is 8.33. The van der Waals surface area contributed by atoms with Gasteiger partial charge in [0, 0.05) is 47.8 Å². The fourth-order valence-electron chi connectivity index (χ4n) is 4.40. The molecule has 0 bridgehead atoms. The molecule has 1 saturated carbocycles. The topological polar surface area (TPSA) is 80.7 Å².